The molecule has 258 valence electrons. The van der Waals surface area contributed by atoms with Gasteiger partial charge in [0.15, 0.2) is 11.5 Å². The molecule has 0 spiro atoms. The zero-order chi connectivity index (χ0) is 35.5. The van der Waals surface area contributed by atoms with E-state index in [1.165, 1.54) is 19.1 Å². The number of anilines is 2. The molecule has 5 rings (SSSR count). The van der Waals surface area contributed by atoms with Crippen molar-refractivity contribution in [3.63, 3.8) is 0 Å². The summed E-state index contributed by atoms with van der Waals surface area (Å²) in [6, 6.07) is 24.3. The fourth-order valence-corrected chi connectivity index (χ4v) is 4.97. The number of esters is 1. The molecule has 3 aromatic carbocycles. The van der Waals surface area contributed by atoms with E-state index in [0.717, 1.165) is 17.0 Å². The molecule has 0 bridgehead atoms. The number of pyridine rings is 1. The number of para-hydroxylation sites is 2. The van der Waals surface area contributed by atoms with Crippen molar-refractivity contribution in [3.8, 4) is 11.5 Å². The van der Waals surface area contributed by atoms with Gasteiger partial charge in [-0.3, -0.25) is 25.2 Å². The van der Waals surface area contributed by atoms with Crippen molar-refractivity contribution in [3.05, 3.63) is 108 Å². The predicted octanol–water partition coefficient (Wildman–Crippen LogP) is 4.93. The summed E-state index contributed by atoms with van der Waals surface area (Å²) in [6.07, 6.45) is 0.776. The number of carbonyl (C=O) groups is 3. The summed E-state index contributed by atoms with van der Waals surface area (Å²) in [5, 5.41) is 13.8. The first-order valence-corrected chi connectivity index (χ1v) is 15.6. The van der Waals surface area contributed by atoms with Gasteiger partial charge in [0.2, 0.25) is 0 Å². The van der Waals surface area contributed by atoms with Crippen molar-refractivity contribution < 1.29 is 33.3 Å². The summed E-state index contributed by atoms with van der Waals surface area (Å²) in [5.41, 5.74) is 3.12. The van der Waals surface area contributed by atoms with Crippen LogP contribution in [0.15, 0.2) is 91.1 Å². The maximum atomic E-state index is 13.9. The van der Waals surface area contributed by atoms with Gasteiger partial charge in [-0.05, 0) is 66.7 Å². The van der Waals surface area contributed by atoms with E-state index >= 15 is 0 Å². The molecule has 0 unspecified atom stereocenters. The number of carbonyl (C=O) groups excluding carboxylic acids is 3. The summed E-state index contributed by atoms with van der Waals surface area (Å²) in [5.74, 6) is 0.890. The first kappa shape index (κ1) is 35.0. The molecule has 2 aromatic heterocycles. The van der Waals surface area contributed by atoms with Gasteiger partial charge in [-0.25, -0.2) is 14.8 Å². The second-order valence-corrected chi connectivity index (χ2v) is 10.9. The Hall–Kier alpha value is -6.28. The number of hydrogen-bond donors (Lipinski definition) is 3. The molecule has 14 nitrogen and oxygen atoms in total. The van der Waals surface area contributed by atoms with Gasteiger partial charge in [0, 0.05) is 43.7 Å². The molecule has 0 fully saturated rings. The number of imidazole rings is 1. The fraction of sp³-hybridized carbons (Fsp3) is 0.222. The Morgan fingerprint density at radius 1 is 0.900 bits per heavy atom. The molecule has 0 saturated carbocycles. The molecule has 2 heterocycles. The van der Waals surface area contributed by atoms with Crippen LogP contribution in [0.4, 0.5) is 16.3 Å². The topological polar surface area (TPSA) is 170 Å². The summed E-state index contributed by atoms with van der Waals surface area (Å²) < 4.78 is 22.5. The molecular formula is C36H37N7O7. The molecule has 2 amide bonds. The Bertz CT molecular complexity index is 1960. The Kier molecular flexibility index (Phi) is 11.7. The van der Waals surface area contributed by atoms with Crippen LogP contribution in [0.5, 0.6) is 11.5 Å². The highest BCUT2D eigenvalue weighted by molar-refractivity contribution is 6.07. The highest BCUT2D eigenvalue weighted by atomic mass is 16.6. The first-order valence-electron chi connectivity index (χ1n) is 15.6. The molecule has 0 aliphatic carbocycles. The third kappa shape index (κ3) is 8.79. The Balaban J connectivity index is 1.24. The van der Waals surface area contributed by atoms with Crippen molar-refractivity contribution in [1.82, 2.24) is 19.9 Å². The second kappa shape index (κ2) is 16.7. The van der Waals surface area contributed by atoms with Gasteiger partial charge in [0.05, 0.1) is 37.7 Å². The van der Waals surface area contributed by atoms with Gasteiger partial charge in [-0.15, -0.1) is 0 Å². The van der Waals surface area contributed by atoms with Gasteiger partial charge in [-0.1, -0.05) is 18.2 Å². The normalized spacial score (nSPS) is 10.7. The van der Waals surface area contributed by atoms with Crippen LogP contribution in [-0.2, 0) is 27.9 Å². The number of aryl methyl sites for hydroxylation is 1. The van der Waals surface area contributed by atoms with E-state index in [1.807, 2.05) is 17.7 Å². The number of rotatable bonds is 14. The molecule has 0 saturated heterocycles. The summed E-state index contributed by atoms with van der Waals surface area (Å²) in [7, 11) is 4.89. The molecule has 0 radical (unpaired) electrons. The van der Waals surface area contributed by atoms with E-state index in [0.29, 0.717) is 40.5 Å². The molecule has 0 aliphatic heterocycles. The number of nitrogens with one attached hydrogen (secondary N) is 3. The Morgan fingerprint density at radius 3 is 2.36 bits per heavy atom. The number of aromatic nitrogens is 3. The van der Waals surface area contributed by atoms with Crippen LogP contribution in [0.25, 0.3) is 11.0 Å². The van der Waals surface area contributed by atoms with Gasteiger partial charge < -0.3 is 28.8 Å². The third-order valence-corrected chi connectivity index (χ3v) is 7.60. The minimum atomic E-state index is -0.727. The lowest BCUT2D eigenvalue weighted by Gasteiger charge is -2.21. The Morgan fingerprint density at radius 2 is 1.64 bits per heavy atom. The maximum absolute atomic E-state index is 13.9. The van der Waals surface area contributed by atoms with E-state index in [1.54, 1.807) is 85.1 Å². The van der Waals surface area contributed by atoms with E-state index in [2.05, 4.69) is 15.6 Å². The number of ether oxygens (including phenoxy) is 4. The quantitative estimate of drug-likeness (QED) is 0.0481. The van der Waals surface area contributed by atoms with E-state index in [9.17, 15) is 14.4 Å². The minimum Gasteiger partial charge on any atom is -0.493 e. The average molecular weight is 680 g/mol. The van der Waals surface area contributed by atoms with Crippen molar-refractivity contribution in [1.29, 1.82) is 5.41 Å². The number of alkyl carbamates (subject to hydrolysis) is 1. The van der Waals surface area contributed by atoms with Crippen molar-refractivity contribution in [2.24, 2.45) is 7.05 Å². The lowest BCUT2D eigenvalue weighted by atomic mass is 10.1. The standard InChI is InChI=1S/C36H37N7O7/c1-42-28-16-13-25(35(45)43(31-10-6-7-18-38-31)19-17-33(44)50-30-9-5-4-8-29(30)48-3)22-27(28)40-32(42)23-39-26-14-11-24(12-15-26)34(37)41-36(46)49-21-20-47-2/h4-16,18,22,39H,17,19-21,23H2,1-3H3,(H2,37,41,46). The molecule has 14 heteroatoms. The Labute approximate surface area is 288 Å². The minimum absolute atomic E-state index is 0.0338. The van der Waals surface area contributed by atoms with Crippen molar-refractivity contribution >= 4 is 46.3 Å². The second-order valence-electron chi connectivity index (χ2n) is 10.9. The summed E-state index contributed by atoms with van der Waals surface area (Å²) >= 11 is 0. The smallest absolute Gasteiger partial charge is 0.412 e. The number of amides is 2. The van der Waals surface area contributed by atoms with Crippen LogP contribution in [0, 0.1) is 5.41 Å². The third-order valence-electron chi connectivity index (χ3n) is 7.60. The highest BCUT2D eigenvalue weighted by Gasteiger charge is 2.22. The van der Waals surface area contributed by atoms with Gasteiger partial charge in [0.1, 0.15) is 24.1 Å². The number of amidine groups is 1. The van der Waals surface area contributed by atoms with Crippen LogP contribution in [0.3, 0.4) is 0 Å². The van der Waals surface area contributed by atoms with Gasteiger partial charge in [-0.2, -0.15) is 0 Å². The van der Waals surface area contributed by atoms with Crippen LogP contribution < -0.4 is 25.0 Å². The van der Waals surface area contributed by atoms with E-state index in [4.69, 9.17) is 29.3 Å². The average Bonchev–Trinajstić information content (AvgIpc) is 3.45. The number of nitrogens with zero attached hydrogens (tertiary/aromatic N) is 4. The number of methoxy groups -OCH3 is 2. The van der Waals surface area contributed by atoms with Crippen LogP contribution in [-0.4, -0.2) is 72.3 Å². The molecular weight excluding hydrogens is 642 g/mol. The molecule has 50 heavy (non-hydrogen) atoms. The highest BCUT2D eigenvalue weighted by Crippen LogP contribution is 2.26. The van der Waals surface area contributed by atoms with E-state index < -0.39 is 12.1 Å². The van der Waals surface area contributed by atoms with E-state index in [-0.39, 0.29) is 37.9 Å². The summed E-state index contributed by atoms with van der Waals surface area (Å²) in [6.45, 7) is 0.768. The zero-order valence-corrected chi connectivity index (χ0v) is 27.8. The largest absolute Gasteiger partial charge is 0.493 e. The molecule has 0 atom stereocenters. The van der Waals surface area contributed by atoms with Crippen molar-refractivity contribution in [2.75, 3.05) is 44.2 Å². The number of benzene rings is 3. The van der Waals surface area contributed by atoms with Crippen LogP contribution in [0.2, 0.25) is 0 Å². The monoisotopic (exact) mass is 679 g/mol. The van der Waals surface area contributed by atoms with Crippen LogP contribution >= 0.6 is 0 Å². The maximum Gasteiger partial charge on any atom is 0.412 e. The van der Waals surface area contributed by atoms with Gasteiger partial charge >= 0.3 is 12.1 Å². The molecule has 0 aliphatic rings. The molecule has 5 aromatic rings. The lowest BCUT2D eigenvalue weighted by molar-refractivity contribution is -0.134. The van der Waals surface area contributed by atoms with Crippen molar-refractivity contribution in [2.45, 2.75) is 13.0 Å². The van der Waals surface area contributed by atoms with Gasteiger partial charge in [0.25, 0.3) is 5.91 Å². The number of fused-ring (bicyclic) bond motifs is 1. The fourth-order valence-electron chi connectivity index (χ4n) is 4.97. The zero-order valence-electron chi connectivity index (χ0n) is 27.8. The van der Waals surface area contributed by atoms with Crippen LogP contribution in [0.1, 0.15) is 28.2 Å². The predicted molar refractivity (Wildman–Crippen MR) is 187 cm³/mol. The number of hydrogen-bond acceptors (Lipinski definition) is 11. The SMILES string of the molecule is COCCOC(=O)NC(=N)c1ccc(NCc2nc3cc(C(=O)N(CCC(=O)Oc4ccccc4OC)c4ccccn4)ccc3n2C)cc1. The first-order chi connectivity index (χ1) is 24.3. The molecule has 3 N–H and O–H groups in total. The lowest BCUT2D eigenvalue weighted by Crippen LogP contribution is -2.34. The summed E-state index contributed by atoms with van der Waals surface area (Å²) in [4.78, 5) is 49.1.